The molecule has 0 bridgehead atoms. The molecule has 5 rings (SSSR count). The first kappa shape index (κ1) is 27.2. The Balaban J connectivity index is 1.17. The fourth-order valence-electron chi connectivity index (χ4n) is 6.50. The van der Waals surface area contributed by atoms with Crippen molar-refractivity contribution in [3.05, 3.63) is 34.7 Å². The Labute approximate surface area is 228 Å². The van der Waals surface area contributed by atoms with E-state index in [0.717, 1.165) is 37.0 Å². The van der Waals surface area contributed by atoms with E-state index >= 15 is 0 Å². The minimum atomic E-state index is -0.787. The molecule has 3 aliphatic heterocycles. The number of hydrogen-bond donors (Lipinski definition) is 3. The van der Waals surface area contributed by atoms with E-state index in [-0.39, 0.29) is 36.5 Å². The van der Waals surface area contributed by atoms with E-state index in [9.17, 15) is 19.2 Å². The van der Waals surface area contributed by atoms with Gasteiger partial charge in [0.2, 0.25) is 11.8 Å². The summed E-state index contributed by atoms with van der Waals surface area (Å²) in [5.74, 6) is -0.627. The second-order valence-electron chi connectivity index (χ2n) is 11.2. The van der Waals surface area contributed by atoms with Crippen molar-refractivity contribution in [1.29, 1.82) is 0 Å². The van der Waals surface area contributed by atoms with E-state index < -0.39 is 11.9 Å². The second-order valence-corrected chi connectivity index (χ2v) is 11.2. The SMILES string of the molecule is NC(=O)CC[C@@H](NC(=O)N1CCC(n2c(=O)[nH]c3ccccc32)CC1)C(=O)N1CCC(N2CCCCC2)CC1. The maximum absolute atomic E-state index is 13.5. The molecule has 4 heterocycles. The van der Waals surface area contributed by atoms with Crippen LogP contribution in [0.3, 0.4) is 0 Å². The molecule has 1 atom stereocenters. The number of primary amides is 1. The minimum absolute atomic E-state index is 0.00816. The van der Waals surface area contributed by atoms with Crippen molar-refractivity contribution in [2.75, 3.05) is 39.3 Å². The lowest BCUT2D eigenvalue weighted by atomic mass is 9.99. The Morgan fingerprint density at radius 1 is 0.897 bits per heavy atom. The quantitative estimate of drug-likeness (QED) is 0.493. The van der Waals surface area contributed by atoms with Crippen LogP contribution in [0.2, 0.25) is 0 Å². The Hall–Kier alpha value is -3.34. The van der Waals surface area contributed by atoms with E-state index in [1.165, 1.54) is 19.3 Å². The molecule has 4 amide bonds. The number of fused-ring (bicyclic) bond motifs is 1. The summed E-state index contributed by atoms with van der Waals surface area (Å²) in [6.45, 7) is 4.55. The Kier molecular flexibility index (Phi) is 8.54. The minimum Gasteiger partial charge on any atom is -0.370 e. The van der Waals surface area contributed by atoms with Crippen LogP contribution in [-0.4, -0.2) is 93.4 Å². The highest BCUT2D eigenvalue weighted by Crippen LogP contribution is 2.25. The molecule has 0 spiro atoms. The second kappa shape index (κ2) is 12.2. The van der Waals surface area contributed by atoms with E-state index in [1.807, 2.05) is 29.2 Å². The van der Waals surface area contributed by atoms with Gasteiger partial charge < -0.3 is 30.7 Å². The standard InChI is InChI=1S/C28H41N7O4/c29-25(36)9-8-23(26(37)33-16-10-20(11-17-33)32-14-4-1-5-15-32)31-27(38)34-18-12-21(13-19-34)35-24-7-3-2-6-22(24)30-28(35)39/h2-3,6-7,20-21,23H,1,4-5,8-19H2,(H2,29,36)(H,30,39)(H,31,38)/t23-/m1/s1. The van der Waals surface area contributed by atoms with Crippen molar-refractivity contribution in [1.82, 2.24) is 29.6 Å². The normalized spacial score (nSPS) is 20.7. The maximum atomic E-state index is 13.5. The molecule has 11 heteroatoms. The lowest BCUT2D eigenvalue weighted by Crippen LogP contribution is -2.56. The summed E-state index contributed by atoms with van der Waals surface area (Å²) in [5.41, 5.74) is 6.92. The molecule has 39 heavy (non-hydrogen) atoms. The van der Waals surface area contributed by atoms with Crippen molar-refractivity contribution in [2.24, 2.45) is 5.73 Å². The van der Waals surface area contributed by atoms with Gasteiger partial charge in [-0.25, -0.2) is 9.59 Å². The number of aromatic nitrogens is 2. The van der Waals surface area contributed by atoms with Gasteiger partial charge in [-0.05, 0) is 70.2 Å². The predicted molar refractivity (Wildman–Crippen MR) is 148 cm³/mol. The third-order valence-corrected chi connectivity index (χ3v) is 8.70. The van der Waals surface area contributed by atoms with Gasteiger partial charge in [0, 0.05) is 44.7 Å². The Morgan fingerprint density at radius 2 is 1.54 bits per heavy atom. The number of hydrogen-bond acceptors (Lipinski definition) is 5. The number of rotatable bonds is 7. The molecule has 1 aromatic heterocycles. The first-order valence-corrected chi connectivity index (χ1v) is 14.5. The van der Waals surface area contributed by atoms with Gasteiger partial charge in [0.25, 0.3) is 0 Å². The number of H-pyrrole nitrogens is 1. The average Bonchev–Trinajstić information content (AvgIpc) is 3.31. The largest absolute Gasteiger partial charge is 0.370 e. The average molecular weight is 540 g/mol. The van der Waals surface area contributed by atoms with Crippen LogP contribution in [0.4, 0.5) is 4.79 Å². The summed E-state index contributed by atoms with van der Waals surface area (Å²) < 4.78 is 1.79. The fourth-order valence-corrected chi connectivity index (χ4v) is 6.50. The van der Waals surface area contributed by atoms with Gasteiger partial charge in [-0.1, -0.05) is 18.6 Å². The highest BCUT2D eigenvalue weighted by molar-refractivity contribution is 5.88. The fraction of sp³-hybridized carbons (Fsp3) is 0.643. The number of nitrogens with zero attached hydrogens (tertiary/aromatic N) is 4. The third kappa shape index (κ3) is 6.29. The molecule has 4 N–H and O–H groups in total. The molecule has 1 aromatic carbocycles. The number of likely N-dealkylation sites (tertiary alicyclic amines) is 3. The first-order chi connectivity index (χ1) is 18.9. The summed E-state index contributed by atoms with van der Waals surface area (Å²) in [6.07, 6.45) is 7.16. The van der Waals surface area contributed by atoms with Crippen LogP contribution in [-0.2, 0) is 9.59 Å². The number of piperidine rings is 3. The van der Waals surface area contributed by atoms with Crippen LogP contribution in [0.5, 0.6) is 0 Å². The van der Waals surface area contributed by atoms with Gasteiger partial charge in [-0.15, -0.1) is 0 Å². The predicted octanol–water partition coefficient (Wildman–Crippen LogP) is 1.79. The van der Waals surface area contributed by atoms with Crippen LogP contribution in [0, 0.1) is 0 Å². The molecule has 0 aliphatic carbocycles. The summed E-state index contributed by atoms with van der Waals surface area (Å²) in [6, 6.07) is 7.02. The van der Waals surface area contributed by atoms with Crippen molar-refractivity contribution in [2.45, 2.75) is 75.9 Å². The topological polar surface area (TPSA) is 137 Å². The van der Waals surface area contributed by atoms with Gasteiger partial charge in [0.05, 0.1) is 11.0 Å². The molecule has 0 unspecified atom stereocenters. The zero-order valence-electron chi connectivity index (χ0n) is 22.6. The molecule has 212 valence electrons. The summed E-state index contributed by atoms with van der Waals surface area (Å²) in [4.78, 5) is 59.8. The lowest BCUT2D eigenvalue weighted by molar-refractivity contribution is -0.135. The van der Waals surface area contributed by atoms with Crippen LogP contribution in [0.1, 0.15) is 63.8 Å². The molecule has 11 nitrogen and oxygen atoms in total. The van der Waals surface area contributed by atoms with E-state index in [1.54, 1.807) is 9.47 Å². The summed E-state index contributed by atoms with van der Waals surface area (Å²) in [7, 11) is 0. The number of imidazole rings is 1. The molecule has 2 aromatic rings. The summed E-state index contributed by atoms with van der Waals surface area (Å²) >= 11 is 0. The smallest absolute Gasteiger partial charge is 0.326 e. The maximum Gasteiger partial charge on any atom is 0.326 e. The van der Waals surface area contributed by atoms with Crippen LogP contribution in [0.25, 0.3) is 11.0 Å². The van der Waals surface area contributed by atoms with Crippen molar-refractivity contribution < 1.29 is 14.4 Å². The highest BCUT2D eigenvalue weighted by atomic mass is 16.2. The Morgan fingerprint density at radius 3 is 2.23 bits per heavy atom. The van der Waals surface area contributed by atoms with Gasteiger partial charge >= 0.3 is 11.7 Å². The number of nitrogens with two attached hydrogens (primary N) is 1. The number of carbonyl (C=O) groups is 3. The highest BCUT2D eigenvalue weighted by Gasteiger charge is 2.33. The van der Waals surface area contributed by atoms with Crippen molar-refractivity contribution in [3.63, 3.8) is 0 Å². The van der Waals surface area contributed by atoms with Gasteiger partial charge in [-0.2, -0.15) is 0 Å². The van der Waals surface area contributed by atoms with E-state index in [0.29, 0.717) is 45.1 Å². The molecule has 0 radical (unpaired) electrons. The molecule has 0 saturated carbocycles. The zero-order valence-corrected chi connectivity index (χ0v) is 22.6. The van der Waals surface area contributed by atoms with E-state index in [2.05, 4.69) is 15.2 Å². The Bertz CT molecular complexity index is 1220. The van der Waals surface area contributed by atoms with Crippen molar-refractivity contribution >= 4 is 28.9 Å². The van der Waals surface area contributed by atoms with Gasteiger partial charge in [0.1, 0.15) is 6.04 Å². The number of amides is 4. The molecular weight excluding hydrogens is 498 g/mol. The number of urea groups is 1. The number of carbonyl (C=O) groups excluding carboxylic acids is 3. The van der Waals surface area contributed by atoms with Crippen LogP contribution >= 0.6 is 0 Å². The zero-order chi connectivity index (χ0) is 27.4. The molecule has 3 aliphatic rings. The third-order valence-electron chi connectivity index (χ3n) is 8.70. The molecular formula is C28H41N7O4. The number of benzene rings is 1. The van der Waals surface area contributed by atoms with Crippen LogP contribution in [0.15, 0.2) is 29.1 Å². The van der Waals surface area contributed by atoms with Crippen molar-refractivity contribution in [3.8, 4) is 0 Å². The van der Waals surface area contributed by atoms with Gasteiger partial charge in [-0.3, -0.25) is 14.2 Å². The number of aromatic amines is 1. The summed E-state index contributed by atoms with van der Waals surface area (Å²) in [5, 5.41) is 2.91. The molecule has 3 fully saturated rings. The molecule has 3 saturated heterocycles. The first-order valence-electron chi connectivity index (χ1n) is 14.5. The van der Waals surface area contributed by atoms with E-state index in [4.69, 9.17) is 5.73 Å². The van der Waals surface area contributed by atoms with Gasteiger partial charge in [0.15, 0.2) is 0 Å². The van der Waals surface area contributed by atoms with Crippen LogP contribution < -0.4 is 16.7 Å². The number of nitrogens with one attached hydrogen (secondary N) is 2. The monoisotopic (exact) mass is 539 g/mol. The lowest BCUT2D eigenvalue weighted by Gasteiger charge is -2.41. The number of para-hydroxylation sites is 2.